The lowest BCUT2D eigenvalue weighted by Gasteiger charge is -2.21. The maximum absolute atomic E-state index is 4.19. The van der Waals surface area contributed by atoms with Gasteiger partial charge in [-0.25, -0.2) is 0 Å². The van der Waals surface area contributed by atoms with Gasteiger partial charge in [-0.05, 0) is 111 Å². The maximum Gasteiger partial charge on any atom is -0.0195 e. The topological polar surface area (TPSA) is 0 Å². The number of aryl methyl sites for hydroxylation is 3. The summed E-state index contributed by atoms with van der Waals surface area (Å²) < 4.78 is 0. The van der Waals surface area contributed by atoms with Crippen LogP contribution in [0, 0.1) is 11.8 Å². The molecule has 0 amide bonds. The lowest BCUT2D eigenvalue weighted by atomic mass is 9.85. The molecule has 3 rings (SSSR count). The van der Waals surface area contributed by atoms with Gasteiger partial charge in [0.2, 0.25) is 0 Å². The Hall–Kier alpha value is -2.34. The van der Waals surface area contributed by atoms with Crippen molar-refractivity contribution in [3.05, 3.63) is 96.1 Å². The fraction of sp³-hybridized carbons (Fsp3) is 0.571. The summed E-state index contributed by atoms with van der Waals surface area (Å²) in [6.07, 6.45) is 23.4. The second kappa shape index (κ2) is 23.2. The van der Waals surface area contributed by atoms with Gasteiger partial charge >= 0.3 is 0 Å². The summed E-state index contributed by atoms with van der Waals surface area (Å²) in [5.41, 5.74) is 9.21. The average Bonchev–Trinajstić information content (AvgIpc) is 3.01. The molecule has 234 valence electrons. The lowest BCUT2D eigenvalue weighted by molar-refractivity contribution is 0.332. The summed E-state index contributed by atoms with van der Waals surface area (Å²) >= 11 is 0. The van der Waals surface area contributed by atoms with E-state index in [-0.39, 0.29) is 0 Å². The smallest absolute Gasteiger partial charge is 0.0195 e. The molecule has 0 aliphatic heterocycles. The fourth-order valence-corrected chi connectivity index (χ4v) is 6.17. The van der Waals surface area contributed by atoms with Crippen molar-refractivity contribution in [2.45, 2.75) is 144 Å². The highest BCUT2D eigenvalue weighted by molar-refractivity contribution is 5.71. The standard InChI is InChI=1S/C31H42.C9H18.C2H6/c1-24(2)30-22-21-29(31(23-30)25(3)4)16-9-8-13-27-17-19-28(20-18-27)15-10-14-26-11-6-5-7-12-26;1-4-7-9(6-3)8-5-2;1-2/h17-23,26H,1,3,5-16H2,2,4H3;6,9H,3-5,7-8H2,1-2H3;1-2H3. The molecule has 42 heavy (non-hydrogen) atoms. The van der Waals surface area contributed by atoms with E-state index in [4.69, 9.17) is 0 Å². The Bertz CT molecular complexity index is 993. The minimum atomic E-state index is 0.778. The van der Waals surface area contributed by atoms with Crippen LogP contribution in [0.2, 0.25) is 0 Å². The molecule has 0 bridgehead atoms. The highest BCUT2D eigenvalue weighted by atomic mass is 14.2. The van der Waals surface area contributed by atoms with Gasteiger partial charge in [-0.3, -0.25) is 0 Å². The van der Waals surface area contributed by atoms with Gasteiger partial charge < -0.3 is 0 Å². The molecule has 0 atom stereocenters. The highest BCUT2D eigenvalue weighted by Crippen LogP contribution is 2.28. The zero-order valence-corrected chi connectivity index (χ0v) is 28.7. The normalized spacial score (nSPS) is 13.0. The second-order valence-corrected chi connectivity index (χ2v) is 12.4. The Balaban J connectivity index is 0.000000686. The van der Waals surface area contributed by atoms with Gasteiger partial charge in [0.1, 0.15) is 0 Å². The molecule has 2 aromatic rings. The van der Waals surface area contributed by atoms with Gasteiger partial charge in [0.15, 0.2) is 0 Å². The maximum atomic E-state index is 4.19. The van der Waals surface area contributed by atoms with Gasteiger partial charge in [-0.15, -0.1) is 6.58 Å². The Morgan fingerprint density at radius 2 is 1.31 bits per heavy atom. The summed E-state index contributed by atoms with van der Waals surface area (Å²) in [6, 6.07) is 16.2. The van der Waals surface area contributed by atoms with E-state index in [1.54, 1.807) is 0 Å². The summed E-state index contributed by atoms with van der Waals surface area (Å²) in [7, 11) is 0. The summed E-state index contributed by atoms with van der Waals surface area (Å²) in [5.74, 6) is 1.79. The monoisotopic (exact) mass is 571 g/mol. The van der Waals surface area contributed by atoms with Crippen LogP contribution in [0.25, 0.3) is 11.1 Å². The third kappa shape index (κ3) is 15.2. The van der Waals surface area contributed by atoms with E-state index in [1.807, 2.05) is 13.8 Å². The van der Waals surface area contributed by atoms with E-state index in [0.717, 1.165) is 29.4 Å². The number of benzene rings is 2. The van der Waals surface area contributed by atoms with Crippen molar-refractivity contribution < 1.29 is 0 Å². The third-order valence-corrected chi connectivity index (χ3v) is 8.70. The first-order valence-electron chi connectivity index (χ1n) is 17.5. The zero-order chi connectivity index (χ0) is 31.2. The van der Waals surface area contributed by atoms with Crippen LogP contribution in [0.5, 0.6) is 0 Å². The molecule has 0 heterocycles. The van der Waals surface area contributed by atoms with Crippen LogP contribution >= 0.6 is 0 Å². The fourth-order valence-electron chi connectivity index (χ4n) is 6.17. The first-order chi connectivity index (χ1) is 20.4. The Labute approximate surface area is 262 Å². The Morgan fingerprint density at radius 3 is 1.81 bits per heavy atom. The molecule has 0 unspecified atom stereocenters. The first kappa shape index (κ1) is 37.7. The van der Waals surface area contributed by atoms with Crippen LogP contribution in [0.15, 0.2) is 68.3 Å². The Morgan fingerprint density at radius 1 is 0.762 bits per heavy atom. The van der Waals surface area contributed by atoms with Gasteiger partial charge in [0.05, 0.1) is 0 Å². The van der Waals surface area contributed by atoms with Crippen LogP contribution in [-0.2, 0) is 19.3 Å². The van der Waals surface area contributed by atoms with Crippen LogP contribution in [0.4, 0.5) is 0 Å². The highest BCUT2D eigenvalue weighted by Gasteiger charge is 2.12. The largest absolute Gasteiger partial charge is 0.103 e. The van der Waals surface area contributed by atoms with E-state index in [9.17, 15) is 0 Å². The van der Waals surface area contributed by atoms with Crippen molar-refractivity contribution in [3.8, 4) is 0 Å². The number of rotatable bonds is 16. The van der Waals surface area contributed by atoms with Crippen LogP contribution in [0.1, 0.15) is 153 Å². The number of unbranched alkanes of at least 4 members (excludes halogenated alkanes) is 1. The molecule has 0 saturated heterocycles. The van der Waals surface area contributed by atoms with Crippen LogP contribution in [0.3, 0.4) is 0 Å². The molecule has 2 aromatic carbocycles. The van der Waals surface area contributed by atoms with Crippen molar-refractivity contribution in [1.29, 1.82) is 0 Å². The molecule has 1 saturated carbocycles. The van der Waals surface area contributed by atoms with Crippen molar-refractivity contribution in [1.82, 2.24) is 0 Å². The van der Waals surface area contributed by atoms with Gasteiger partial charge in [0.25, 0.3) is 0 Å². The van der Waals surface area contributed by atoms with Crippen molar-refractivity contribution in [3.63, 3.8) is 0 Å². The van der Waals surface area contributed by atoms with E-state index in [0.29, 0.717) is 0 Å². The molecule has 0 heteroatoms. The van der Waals surface area contributed by atoms with E-state index < -0.39 is 0 Å². The molecule has 0 aromatic heterocycles. The first-order valence-corrected chi connectivity index (χ1v) is 17.5. The lowest BCUT2D eigenvalue weighted by Crippen LogP contribution is -2.06. The number of hydrogen-bond donors (Lipinski definition) is 0. The van der Waals surface area contributed by atoms with Gasteiger partial charge in [-0.1, -0.05) is 146 Å². The third-order valence-electron chi connectivity index (χ3n) is 8.70. The van der Waals surface area contributed by atoms with Gasteiger partial charge in [-0.2, -0.15) is 0 Å². The molecule has 1 aliphatic carbocycles. The van der Waals surface area contributed by atoms with E-state index in [2.05, 4.69) is 96.0 Å². The summed E-state index contributed by atoms with van der Waals surface area (Å²) in [6.45, 7) is 24.7. The molecule has 0 N–H and O–H groups in total. The number of allylic oxidation sites excluding steroid dienone is 3. The van der Waals surface area contributed by atoms with Crippen molar-refractivity contribution in [2.24, 2.45) is 11.8 Å². The predicted molar refractivity (Wildman–Crippen MR) is 193 cm³/mol. The molecule has 0 nitrogen and oxygen atoms in total. The molecule has 1 fully saturated rings. The van der Waals surface area contributed by atoms with E-state index >= 15 is 0 Å². The SMILES string of the molecule is C=C(C)c1ccc(CCCCc2ccc(CCCC3CCCCC3)cc2)c(C(=C)C)c1.C=CC(CCC)CCC.CC. The number of hydrogen-bond acceptors (Lipinski definition) is 0. The van der Waals surface area contributed by atoms with Crippen molar-refractivity contribution in [2.75, 3.05) is 0 Å². The molecular formula is C42H66. The minimum Gasteiger partial charge on any atom is -0.103 e. The summed E-state index contributed by atoms with van der Waals surface area (Å²) in [4.78, 5) is 0. The minimum absolute atomic E-state index is 0.778. The van der Waals surface area contributed by atoms with Gasteiger partial charge in [0, 0.05) is 0 Å². The quantitative estimate of drug-likeness (QED) is 0.139. The zero-order valence-electron chi connectivity index (χ0n) is 28.7. The average molecular weight is 571 g/mol. The molecule has 1 aliphatic rings. The molecule has 0 spiro atoms. The Kier molecular flexibility index (Phi) is 20.8. The predicted octanol–water partition coefficient (Wildman–Crippen LogP) is 13.6. The summed E-state index contributed by atoms with van der Waals surface area (Å²) in [5, 5.41) is 0. The molecular weight excluding hydrogens is 504 g/mol. The van der Waals surface area contributed by atoms with Crippen molar-refractivity contribution >= 4 is 11.1 Å². The molecule has 0 radical (unpaired) electrons. The van der Waals surface area contributed by atoms with Crippen LogP contribution < -0.4 is 0 Å². The van der Waals surface area contributed by atoms with Crippen LogP contribution in [-0.4, -0.2) is 0 Å². The van der Waals surface area contributed by atoms with E-state index in [1.165, 1.54) is 124 Å². The second-order valence-electron chi connectivity index (χ2n) is 12.4.